The minimum Gasteiger partial charge on any atom is -0.494 e. The lowest BCUT2D eigenvalue weighted by atomic mass is 9.98. The van der Waals surface area contributed by atoms with Crippen LogP contribution in [0.1, 0.15) is 84.6 Å². The molecule has 0 bridgehead atoms. The molecule has 5 nitrogen and oxygen atoms in total. The molecule has 204 valence electrons. The summed E-state index contributed by atoms with van der Waals surface area (Å²) in [6.45, 7) is 2.88. The van der Waals surface area contributed by atoms with E-state index in [1.54, 1.807) is 0 Å². The van der Waals surface area contributed by atoms with E-state index in [0.717, 1.165) is 48.0 Å². The monoisotopic (exact) mass is 525 g/mol. The lowest BCUT2D eigenvalue weighted by Gasteiger charge is -2.08. The van der Waals surface area contributed by atoms with E-state index >= 15 is 0 Å². The molecule has 0 aliphatic carbocycles. The Kier molecular flexibility index (Phi) is 10.4. The Balaban J connectivity index is 1.26. The van der Waals surface area contributed by atoms with Crippen LogP contribution >= 0.6 is 0 Å². The van der Waals surface area contributed by atoms with Gasteiger partial charge >= 0.3 is 5.97 Å². The Bertz CT molecular complexity index is 1350. The molecular weight excluding hydrogens is 486 g/mol. The van der Waals surface area contributed by atoms with Gasteiger partial charge in [0, 0.05) is 28.6 Å². The number of carbonyl (C=O) groups is 2. The van der Waals surface area contributed by atoms with Crippen molar-refractivity contribution < 1.29 is 19.4 Å². The largest absolute Gasteiger partial charge is 0.494 e. The van der Waals surface area contributed by atoms with Crippen molar-refractivity contribution >= 4 is 22.7 Å². The first kappa shape index (κ1) is 28.2. The van der Waals surface area contributed by atoms with Crippen molar-refractivity contribution in [3.8, 4) is 5.75 Å². The molecule has 39 heavy (non-hydrogen) atoms. The maximum Gasteiger partial charge on any atom is 0.303 e. The van der Waals surface area contributed by atoms with Crippen LogP contribution in [-0.2, 0) is 24.1 Å². The van der Waals surface area contributed by atoms with Crippen molar-refractivity contribution in [2.45, 2.75) is 71.1 Å². The number of nitrogens with one attached hydrogen (secondary N) is 1. The number of hydrogen-bond acceptors (Lipinski definition) is 3. The molecule has 4 rings (SSSR count). The molecule has 1 heterocycles. The van der Waals surface area contributed by atoms with Crippen LogP contribution in [0.4, 0.5) is 0 Å². The lowest BCUT2D eigenvalue weighted by molar-refractivity contribution is -0.137. The van der Waals surface area contributed by atoms with Crippen molar-refractivity contribution in [3.05, 3.63) is 101 Å². The summed E-state index contributed by atoms with van der Waals surface area (Å²) < 4.78 is 5.93. The summed E-state index contributed by atoms with van der Waals surface area (Å²) in [7, 11) is 0. The molecule has 0 saturated carbocycles. The van der Waals surface area contributed by atoms with Crippen LogP contribution in [0.25, 0.3) is 10.9 Å². The Hall–Kier alpha value is -3.86. The van der Waals surface area contributed by atoms with Gasteiger partial charge < -0.3 is 14.8 Å². The van der Waals surface area contributed by atoms with Crippen LogP contribution in [0.15, 0.2) is 72.8 Å². The number of benzene rings is 3. The number of H-pyrrole nitrogens is 1. The Labute approximate surface area is 231 Å². The van der Waals surface area contributed by atoms with Gasteiger partial charge in [-0.05, 0) is 92.8 Å². The van der Waals surface area contributed by atoms with E-state index in [1.165, 1.54) is 30.4 Å². The fourth-order valence-corrected chi connectivity index (χ4v) is 4.96. The highest BCUT2D eigenvalue weighted by molar-refractivity contribution is 6.17. The summed E-state index contributed by atoms with van der Waals surface area (Å²) in [5, 5.41) is 9.87. The second-order valence-electron chi connectivity index (χ2n) is 10.2. The molecule has 0 aliphatic rings. The van der Waals surface area contributed by atoms with Gasteiger partial charge in [0.15, 0.2) is 5.78 Å². The van der Waals surface area contributed by atoms with Crippen LogP contribution in [-0.4, -0.2) is 28.4 Å². The number of hydrogen-bond donors (Lipinski definition) is 2. The summed E-state index contributed by atoms with van der Waals surface area (Å²) in [6, 6.07) is 24.1. The molecular formula is C34H39NO4. The number of ketones is 1. The average molecular weight is 526 g/mol. The average Bonchev–Trinajstić information content (AvgIpc) is 3.32. The molecule has 0 fully saturated rings. The number of ether oxygens (including phenoxy) is 1. The number of carbonyl (C=O) groups excluding carboxylic acids is 1. The maximum atomic E-state index is 13.5. The summed E-state index contributed by atoms with van der Waals surface area (Å²) in [5.41, 5.74) is 5.72. The number of para-hydroxylation sites is 1. The van der Waals surface area contributed by atoms with Gasteiger partial charge in [0.1, 0.15) is 5.75 Å². The van der Waals surface area contributed by atoms with Crippen molar-refractivity contribution in [2.24, 2.45) is 0 Å². The predicted molar refractivity (Wildman–Crippen MR) is 157 cm³/mol. The molecule has 0 aliphatic heterocycles. The highest BCUT2D eigenvalue weighted by Gasteiger charge is 2.20. The van der Waals surface area contributed by atoms with E-state index in [0.29, 0.717) is 30.6 Å². The molecule has 5 heteroatoms. The lowest BCUT2D eigenvalue weighted by Crippen LogP contribution is -2.06. The molecule has 3 aromatic carbocycles. The maximum absolute atomic E-state index is 13.5. The number of fused-ring (bicyclic) bond motifs is 1. The van der Waals surface area contributed by atoms with Gasteiger partial charge in [0.05, 0.1) is 12.2 Å². The van der Waals surface area contributed by atoms with Crippen LogP contribution in [0.2, 0.25) is 0 Å². The molecule has 0 spiro atoms. The standard InChI is InChI=1S/C34H39NO4/c1-2-3-10-25-16-18-26(19-17-25)11-5-4-8-24-39-28-22-20-27(21-23-28)34(38)33-29-12-6-7-13-30(29)35-31(33)14-9-15-32(36)37/h6-7,12-13,16-23,35H,2-5,8-11,14-15,24H2,1H3,(H,36,37). The summed E-state index contributed by atoms with van der Waals surface area (Å²) in [5.74, 6) is -0.139. The molecule has 1 aromatic heterocycles. The third-order valence-electron chi connectivity index (χ3n) is 7.17. The van der Waals surface area contributed by atoms with Crippen molar-refractivity contribution in [2.75, 3.05) is 6.61 Å². The molecule has 2 N–H and O–H groups in total. The van der Waals surface area contributed by atoms with Gasteiger partial charge in [0.2, 0.25) is 0 Å². The van der Waals surface area contributed by atoms with Gasteiger partial charge in [-0.1, -0.05) is 55.8 Å². The number of unbranched alkanes of at least 4 members (excludes halogenated alkanes) is 3. The number of rotatable bonds is 16. The number of aromatic nitrogens is 1. The van der Waals surface area contributed by atoms with Crippen LogP contribution in [0.5, 0.6) is 5.75 Å². The normalized spacial score (nSPS) is 11.1. The molecule has 0 atom stereocenters. The molecule has 0 unspecified atom stereocenters. The minimum absolute atomic E-state index is 0.0669. The fraction of sp³-hybridized carbons (Fsp3) is 0.353. The first-order valence-corrected chi connectivity index (χ1v) is 14.2. The van der Waals surface area contributed by atoms with E-state index in [-0.39, 0.29) is 12.2 Å². The highest BCUT2D eigenvalue weighted by Crippen LogP contribution is 2.27. The quantitative estimate of drug-likeness (QED) is 0.115. The van der Waals surface area contributed by atoms with Gasteiger partial charge in [-0.15, -0.1) is 0 Å². The van der Waals surface area contributed by atoms with Crippen molar-refractivity contribution in [1.29, 1.82) is 0 Å². The first-order chi connectivity index (χ1) is 19.0. The zero-order valence-electron chi connectivity index (χ0n) is 22.9. The Morgan fingerprint density at radius 3 is 2.15 bits per heavy atom. The van der Waals surface area contributed by atoms with Crippen LogP contribution in [0, 0.1) is 0 Å². The molecule has 0 saturated heterocycles. The second kappa shape index (κ2) is 14.3. The van der Waals surface area contributed by atoms with Crippen molar-refractivity contribution in [1.82, 2.24) is 4.98 Å². The first-order valence-electron chi connectivity index (χ1n) is 14.2. The Morgan fingerprint density at radius 2 is 1.46 bits per heavy atom. The Morgan fingerprint density at radius 1 is 0.769 bits per heavy atom. The molecule has 0 radical (unpaired) electrons. The van der Waals surface area contributed by atoms with E-state index in [2.05, 4.69) is 36.2 Å². The highest BCUT2D eigenvalue weighted by atomic mass is 16.5. The smallest absolute Gasteiger partial charge is 0.303 e. The van der Waals surface area contributed by atoms with E-state index in [9.17, 15) is 9.59 Å². The summed E-state index contributed by atoms with van der Waals surface area (Å²) in [6.07, 6.45) is 9.04. The molecule has 4 aromatic rings. The zero-order valence-corrected chi connectivity index (χ0v) is 22.9. The van der Waals surface area contributed by atoms with Crippen LogP contribution < -0.4 is 4.74 Å². The fourth-order valence-electron chi connectivity index (χ4n) is 4.96. The minimum atomic E-state index is -0.831. The number of aliphatic carboxylic acids is 1. The van der Waals surface area contributed by atoms with E-state index in [4.69, 9.17) is 9.84 Å². The number of carboxylic acids is 1. The summed E-state index contributed by atoms with van der Waals surface area (Å²) in [4.78, 5) is 27.8. The third-order valence-corrected chi connectivity index (χ3v) is 7.17. The van der Waals surface area contributed by atoms with Gasteiger partial charge in [-0.25, -0.2) is 0 Å². The topological polar surface area (TPSA) is 79.4 Å². The third kappa shape index (κ3) is 8.06. The number of carboxylic acid groups (broad SMARTS) is 1. The van der Waals surface area contributed by atoms with Gasteiger partial charge in [-0.3, -0.25) is 9.59 Å². The molecule has 0 amide bonds. The number of aromatic amines is 1. The van der Waals surface area contributed by atoms with Crippen LogP contribution in [0.3, 0.4) is 0 Å². The predicted octanol–water partition coefficient (Wildman–Crippen LogP) is 7.94. The van der Waals surface area contributed by atoms with Gasteiger partial charge in [-0.2, -0.15) is 0 Å². The number of aryl methyl sites for hydroxylation is 3. The van der Waals surface area contributed by atoms with Gasteiger partial charge in [0.25, 0.3) is 0 Å². The van der Waals surface area contributed by atoms with E-state index < -0.39 is 5.97 Å². The van der Waals surface area contributed by atoms with Crippen molar-refractivity contribution in [3.63, 3.8) is 0 Å². The SMILES string of the molecule is CCCCc1ccc(CCCCCOc2ccc(C(=O)c3c(CCCC(=O)O)[nH]c4ccccc34)cc2)cc1. The zero-order chi connectivity index (χ0) is 27.5. The second-order valence-corrected chi connectivity index (χ2v) is 10.2. The van der Waals surface area contributed by atoms with E-state index in [1.807, 2.05) is 48.5 Å². The summed E-state index contributed by atoms with van der Waals surface area (Å²) >= 11 is 0.